The molecule has 0 amide bonds. The average Bonchev–Trinajstić information content (AvgIpc) is 2.14. The Kier molecular flexibility index (Phi) is 2.28. The van der Waals surface area contributed by atoms with E-state index >= 15 is 0 Å². The van der Waals surface area contributed by atoms with Gasteiger partial charge >= 0.3 is 0 Å². The van der Waals surface area contributed by atoms with E-state index in [1.807, 2.05) is 12.1 Å². The maximum Gasteiger partial charge on any atom is 0.0455 e. The molecule has 1 heterocycles. The molecule has 1 unspecified atom stereocenters. The Morgan fingerprint density at radius 2 is 2.21 bits per heavy atom. The number of rotatable bonds is 0. The lowest BCUT2D eigenvalue weighted by molar-refractivity contribution is 0.703. The predicted molar refractivity (Wildman–Crippen MR) is 62.9 cm³/mol. The number of hydrogen-bond donors (Lipinski definition) is 0. The molecule has 0 radical (unpaired) electrons. The molecule has 1 atom stereocenters. The van der Waals surface area contributed by atoms with E-state index in [0.717, 1.165) is 11.6 Å². The summed E-state index contributed by atoms with van der Waals surface area (Å²) >= 11 is 5.97. The first-order chi connectivity index (χ1) is 6.59. The van der Waals surface area contributed by atoms with Crippen molar-refractivity contribution >= 4 is 22.9 Å². The van der Waals surface area contributed by atoms with Crippen LogP contribution in [0.3, 0.4) is 0 Å². The molecule has 0 spiro atoms. The number of halogens is 1. The van der Waals surface area contributed by atoms with Crippen LogP contribution in [0.25, 0.3) is 5.57 Å². The van der Waals surface area contributed by atoms with Gasteiger partial charge in [-0.2, -0.15) is 0 Å². The van der Waals surface area contributed by atoms with Crippen molar-refractivity contribution in [2.75, 3.05) is 18.5 Å². The minimum absolute atomic E-state index is 0.522. The van der Waals surface area contributed by atoms with Crippen LogP contribution in [0.2, 0.25) is 5.02 Å². The Morgan fingerprint density at radius 1 is 1.50 bits per heavy atom. The molecule has 0 aliphatic carbocycles. The average molecular weight is 208 g/mol. The molecule has 2 rings (SSSR count). The van der Waals surface area contributed by atoms with Crippen LogP contribution in [-0.4, -0.2) is 13.6 Å². The number of benzene rings is 1. The van der Waals surface area contributed by atoms with E-state index in [9.17, 15) is 0 Å². The van der Waals surface area contributed by atoms with Crippen LogP contribution in [0.1, 0.15) is 12.5 Å². The Bertz CT molecular complexity index is 384. The summed E-state index contributed by atoms with van der Waals surface area (Å²) in [6.45, 7) is 7.36. The summed E-state index contributed by atoms with van der Waals surface area (Å²) in [5.74, 6) is 0.522. The fraction of sp³-hybridized carbons (Fsp3) is 0.333. The Morgan fingerprint density at radius 3 is 2.93 bits per heavy atom. The molecule has 1 aliphatic heterocycles. The molecule has 2 heteroatoms. The summed E-state index contributed by atoms with van der Waals surface area (Å²) in [5, 5.41) is 0.790. The predicted octanol–water partition coefficient (Wildman–Crippen LogP) is 3.44. The van der Waals surface area contributed by atoms with Crippen LogP contribution >= 0.6 is 11.6 Å². The monoisotopic (exact) mass is 207 g/mol. The lowest BCUT2D eigenvalue weighted by Crippen LogP contribution is -2.29. The highest BCUT2D eigenvalue weighted by atomic mass is 35.5. The van der Waals surface area contributed by atoms with Crippen LogP contribution in [0, 0.1) is 5.92 Å². The third-order valence-corrected chi connectivity index (χ3v) is 3.09. The molecule has 74 valence electrons. The second kappa shape index (κ2) is 3.32. The van der Waals surface area contributed by atoms with Crippen LogP contribution < -0.4 is 4.90 Å². The lowest BCUT2D eigenvalue weighted by atomic mass is 9.89. The zero-order valence-electron chi connectivity index (χ0n) is 8.55. The molecule has 1 nitrogen and oxygen atoms in total. The van der Waals surface area contributed by atoms with E-state index in [0.29, 0.717) is 5.92 Å². The molecule has 14 heavy (non-hydrogen) atoms. The maximum atomic E-state index is 5.97. The molecule has 1 aliphatic rings. The largest absolute Gasteiger partial charge is 0.373 e. The number of fused-ring (bicyclic) bond motifs is 1. The molecule has 0 N–H and O–H groups in total. The standard InChI is InChI=1S/C12H14ClN/c1-8-7-14(3)12-6-10(13)4-5-11(12)9(8)2/h4-6,8H,2,7H2,1,3H3. The van der Waals surface area contributed by atoms with Crippen molar-refractivity contribution in [3.8, 4) is 0 Å². The molecule has 0 bridgehead atoms. The zero-order chi connectivity index (χ0) is 10.3. The van der Waals surface area contributed by atoms with Gasteiger partial charge in [-0.15, -0.1) is 0 Å². The fourth-order valence-electron chi connectivity index (χ4n) is 1.98. The van der Waals surface area contributed by atoms with Gasteiger partial charge in [0.2, 0.25) is 0 Å². The van der Waals surface area contributed by atoms with Crippen molar-refractivity contribution in [1.29, 1.82) is 0 Å². The van der Waals surface area contributed by atoms with Gasteiger partial charge in [-0.05, 0) is 23.6 Å². The lowest BCUT2D eigenvalue weighted by Gasteiger charge is -2.33. The van der Waals surface area contributed by atoms with E-state index in [-0.39, 0.29) is 0 Å². The van der Waals surface area contributed by atoms with Crippen LogP contribution in [0.5, 0.6) is 0 Å². The van der Waals surface area contributed by atoms with Gasteiger partial charge in [-0.1, -0.05) is 31.2 Å². The first kappa shape index (κ1) is 9.60. The number of hydrogen-bond acceptors (Lipinski definition) is 1. The fourth-order valence-corrected chi connectivity index (χ4v) is 2.14. The van der Waals surface area contributed by atoms with E-state index in [2.05, 4.69) is 31.5 Å². The van der Waals surface area contributed by atoms with Gasteiger partial charge in [0.1, 0.15) is 0 Å². The Hall–Kier alpha value is -0.950. The van der Waals surface area contributed by atoms with Crippen molar-refractivity contribution in [3.63, 3.8) is 0 Å². The van der Waals surface area contributed by atoms with Crippen molar-refractivity contribution in [2.45, 2.75) is 6.92 Å². The summed E-state index contributed by atoms with van der Waals surface area (Å²) in [6.07, 6.45) is 0. The van der Waals surface area contributed by atoms with Gasteiger partial charge in [0.05, 0.1) is 0 Å². The topological polar surface area (TPSA) is 3.24 Å². The van der Waals surface area contributed by atoms with Crippen LogP contribution in [-0.2, 0) is 0 Å². The van der Waals surface area contributed by atoms with E-state index in [4.69, 9.17) is 11.6 Å². The van der Waals surface area contributed by atoms with Crippen molar-refractivity contribution < 1.29 is 0 Å². The number of nitrogens with zero attached hydrogens (tertiary/aromatic N) is 1. The van der Waals surface area contributed by atoms with E-state index < -0.39 is 0 Å². The minimum Gasteiger partial charge on any atom is -0.373 e. The molecular weight excluding hydrogens is 194 g/mol. The summed E-state index contributed by atoms with van der Waals surface area (Å²) in [6, 6.07) is 6.00. The molecule has 0 aromatic heterocycles. The quantitative estimate of drug-likeness (QED) is 0.630. The third kappa shape index (κ3) is 1.42. The number of anilines is 1. The van der Waals surface area contributed by atoms with Gasteiger partial charge in [0.15, 0.2) is 0 Å². The Labute approximate surface area is 90.0 Å². The summed E-state index contributed by atoms with van der Waals surface area (Å²) < 4.78 is 0. The van der Waals surface area contributed by atoms with Gasteiger partial charge < -0.3 is 4.90 Å². The molecule has 0 saturated carbocycles. The van der Waals surface area contributed by atoms with Crippen LogP contribution in [0.15, 0.2) is 24.8 Å². The van der Waals surface area contributed by atoms with E-state index in [1.54, 1.807) is 0 Å². The molecule has 1 aromatic rings. The third-order valence-electron chi connectivity index (χ3n) is 2.86. The van der Waals surface area contributed by atoms with E-state index in [1.165, 1.54) is 16.8 Å². The van der Waals surface area contributed by atoms with Gasteiger partial charge in [-0.3, -0.25) is 0 Å². The highest BCUT2D eigenvalue weighted by Gasteiger charge is 2.22. The highest BCUT2D eigenvalue weighted by molar-refractivity contribution is 6.31. The smallest absolute Gasteiger partial charge is 0.0455 e. The van der Waals surface area contributed by atoms with Crippen molar-refractivity contribution in [1.82, 2.24) is 0 Å². The summed E-state index contributed by atoms with van der Waals surface area (Å²) in [7, 11) is 2.10. The SMILES string of the molecule is C=C1c2ccc(Cl)cc2N(C)CC1C. The first-order valence-corrected chi connectivity index (χ1v) is 5.17. The Balaban J connectivity index is 2.56. The van der Waals surface area contributed by atoms with Gasteiger partial charge in [0, 0.05) is 29.9 Å². The second-order valence-corrected chi connectivity index (χ2v) is 4.40. The minimum atomic E-state index is 0.522. The molecular formula is C12H14ClN. The van der Waals surface area contributed by atoms with Crippen molar-refractivity contribution in [2.24, 2.45) is 5.92 Å². The summed E-state index contributed by atoms with van der Waals surface area (Å²) in [4.78, 5) is 2.24. The molecule has 0 fully saturated rings. The van der Waals surface area contributed by atoms with Gasteiger partial charge in [0.25, 0.3) is 0 Å². The first-order valence-electron chi connectivity index (χ1n) is 4.79. The highest BCUT2D eigenvalue weighted by Crippen LogP contribution is 2.37. The molecule has 1 aromatic carbocycles. The maximum absolute atomic E-state index is 5.97. The van der Waals surface area contributed by atoms with Crippen molar-refractivity contribution in [3.05, 3.63) is 35.4 Å². The molecule has 0 saturated heterocycles. The summed E-state index contributed by atoms with van der Waals surface area (Å²) in [5.41, 5.74) is 3.64. The van der Waals surface area contributed by atoms with Gasteiger partial charge in [-0.25, -0.2) is 0 Å². The second-order valence-electron chi connectivity index (χ2n) is 3.97. The zero-order valence-corrected chi connectivity index (χ0v) is 9.30. The van der Waals surface area contributed by atoms with Crippen LogP contribution in [0.4, 0.5) is 5.69 Å². The normalized spacial score (nSPS) is 20.9.